The van der Waals surface area contributed by atoms with E-state index in [2.05, 4.69) is 5.32 Å². The molecule has 0 saturated heterocycles. The number of carbonyl (C=O) groups is 1. The van der Waals surface area contributed by atoms with Gasteiger partial charge in [-0.25, -0.2) is 17.2 Å². The predicted octanol–water partition coefficient (Wildman–Crippen LogP) is 3.98. The van der Waals surface area contributed by atoms with Crippen molar-refractivity contribution in [2.24, 2.45) is 0 Å². The Morgan fingerprint density at radius 3 is 2.41 bits per heavy atom. The highest BCUT2D eigenvalue weighted by Crippen LogP contribution is 2.32. The summed E-state index contributed by atoms with van der Waals surface area (Å²) >= 11 is 1.25. The van der Waals surface area contributed by atoms with Crippen LogP contribution in [0.1, 0.15) is 20.5 Å². The third-order valence-electron chi connectivity index (χ3n) is 4.25. The molecule has 5 nitrogen and oxygen atoms in total. The van der Waals surface area contributed by atoms with Crippen molar-refractivity contribution < 1.29 is 26.7 Å². The molecule has 1 amide bonds. The van der Waals surface area contributed by atoms with Gasteiger partial charge < -0.3 is 10.1 Å². The maximum Gasteiger partial charge on any atom is 0.251 e. The lowest BCUT2D eigenvalue weighted by Gasteiger charge is -2.18. The van der Waals surface area contributed by atoms with Gasteiger partial charge in [-0.05, 0) is 53.9 Å². The first-order valence-electron chi connectivity index (χ1n) is 8.47. The summed E-state index contributed by atoms with van der Waals surface area (Å²) in [5, 5.41) is 3.21. The molecule has 3 aromatic rings. The van der Waals surface area contributed by atoms with Crippen molar-refractivity contribution in [3.8, 4) is 5.75 Å². The first-order chi connectivity index (χ1) is 13.8. The number of nitrogens with one attached hydrogen (secondary N) is 1. The van der Waals surface area contributed by atoms with Crippen molar-refractivity contribution in [1.82, 2.24) is 5.32 Å². The number of amides is 1. The highest BCUT2D eigenvalue weighted by atomic mass is 32.2. The van der Waals surface area contributed by atoms with Crippen LogP contribution < -0.4 is 10.1 Å². The van der Waals surface area contributed by atoms with Crippen LogP contribution in [0.4, 0.5) is 8.78 Å². The molecule has 2 aromatic carbocycles. The number of methoxy groups -OCH3 is 1. The van der Waals surface area contributed by atoms with E-state index in [1.165, 1.54) is 42.7 Å². The zero-order valence-corrected chi connectivity index (χ0v) is 16.9. The molecule has 0 aliphatic rings. The highest BCUT2D eigenvalue weighted by molar-refractivity contribution is 7.91. The first kappa shape index (κ1) is 20.9. The van der Waals surface area contributed by atoms with E-state index < -0.39 is 32.6 Å². The Bertz CT molecular complexity index is 1100. The molecule has 29 heavy (non-hydrogen) atoms. The maximum atomic E-state index is 13.4. The second-order valence-corrected chi connectivity index (χ2v) is 9.17. The van der Waals surface area contributed by atoms with Crippen LogP contribution in [0.2, 0.25) is 0 Å². The molecule has 1 N–H and O–H groups in total. The van der Waals surface area contributed by atoms with Gasteiger partial charge in [0.05, 0.1) is 12.0 Å². The number of carbonyl (C=O) groups excluding carboxylic acids is 1. The number of hydrogen-bond acceptors (Lipinski definition) is 5. The second-order valence-electron chi connectivity index (χ2n) is 6.06. The third-order valence-corrected chi connectivity index (χ3v) is 7.49. The summed E-state index contributed by atoms with van der Waals surface area (Å²) in [7, 11) is -2.36. The molecule has 0 radical (unpaired) electrons. The van der Waals surface area contributed by atoms with E-state index in [1.807, 2.05) is 0 Å². The van der Waals surface area contributed by atoms with Crippen molar-refractivity contribution in [3.05, 3.63) is 82.1 Å². The van der Waals surface area contributed by atoms with Crippen molar-refractivity contribution in [2.45, 2.75) is 10.1 Å². The molecule has 0 unspecified atom stereocenters. The minimum atomic E-state index is -3.84. The van der Waals surface area contributed by atoms with Gasteiger partial charge in [-0.2, -0.15) is 0 Å². The summed E-state index contributed by atoms with van der Waals surface area (Å²) in [5.41, 5.74) is -0.101. The maximum absolute atomic E-state index is 13.4. The molecule has 0 aliphatic heterocycles. The van der Waals surface area contributed by atoms with Crippen molar-refractivity contribution >= 4 is 27.1 Å². The highest BCUT2D eigenvalue weighted by Gasteiger charge is 2.30. The Morgan fingerprint density at radius 2 is 1.83 bits per heavy atom. The minimum absolute atomic E-state index is 0.0822. The Labute approximate surface area is 170 Å². The van der Waals surface area contributed by atoms with Gasteiger partial charge in [0.15, 0.2) is 21.5 Å². The molecule has 152 valence electrons. The Balaban J connectivity index is 1.85. The van der Waals surface area contributed by atoms with Crippen LogP contribution in [-0.4, -0.2) is 28.0 Å². The van der Waals surface area contributed by atoms with E-state index in [1.54, 1.807) is 17.5 Å². The summed E-state index contributed by atoms with van der Waals surface area (Å²) in [6.45, 7) is -0.229. The average Bonchev–Trinajstić information content (AvgIpc) is 3.24. The van der Waals surface area contributed by atoms with Gasteiger partial charge in [0.25, 0.3) is 5.91 Å². The lowest BCUT2D eigenvalue weighted by Crippen LogP contribution is -2.31. The smallest absolute Gasteiger partial charge is 0.251 e. The second kappa shape index (κ2) is 8.71. The van der Waals surface area contributed by atoms with Crippen LogP contribution in [-0.2, 0) is 9.84 Å². The van der Waals surface area contributed by atoms with Crippen molar-refractivity contribution in [3.63, 3.8) is 0 Å². The normalized spacial score (nSPS) is 12.4. The molecular weight excluding hydrogens is 420 g/mol. The number of thiophene rings is 1. The Kier molecular flexibility index (Phi) is 6.29. The minimum Gasteiger partial charge on any atom is -0.497 e. The van der Waals surface area contributed by atoms with E-state index >= 15 is 0 Å². The topological polar surface area (TPSA) is 72.5 Å². The van der Waals surface area contributed by atoms with Crippen LogP contribution in [0.3, 0.4) is 0 Å². The number of benzene rings is 2. The molecule has 0 spiro atoms. The summed E-state index contributed by atoms with van der Waals surface area (Å²) < 4.78 is 57.9. The van der Waals surface area contributed by atoms with Crippen molar-refractivity contribution in [2.75, 3.05) is 13.7 Å². The zero-order chi connectivity index (χ0) is 21.0. The van der Waals surface area contributed by atoms with Crippen LogP contribution in [0, 0.1) is 11.6 Å². The number of sulfone groups is 1. The molecule has 1 heterocycles. The number of rotatable bonds is 7. The lowest BCUT2D eigenvalue weighted by atomic mass is 10.2. The van der Waals surface area contributed by atoms with E-state index in [0.29, 0.717) is 10.6 Å². The van der Waals surface area contributed by atoms with Gasteiger partial charge in [-0.15, -0.1) is 11.3 Å². The van der Waals surface area contributed by atoms with E-state index in [0.717, 1.165) is 18.2 Å². The molecule has 1 aromatic heterocycles. The van der Waals surface area contributed by atoms with Crippen LogP contribution >= 0.6 is 11.3 Å². The molecular formula is C20H17F2NO4S2. The Hall–Kier alpha value is -2.78. The summed E-state index contributed by atoms with van der Waals surface area (Å²) in [4.78, 5) is 13.0. The lowest BCUT2D eigenvalue weighted by molar-refractivity contribution is 0.0953. The zero-order valence-electron chi connectivity index (χ0n) is 15.3. The SMILES string of the molecule is COc1ccc(S(=O)(=O)[C@H](CNC(=O)c2ccc(F)c(F)c2)c2cccs2)cc1. The van der Waals surface area contributed by atoms with Crippen LogP contribution in [0.5, 0.6) is 5.75 Å². The van der Waals surface area contributed by atoms with Gasteiger partial charge in [-0.3, -0.25) is 4.79 Å². The quantitative estimate of drug-likeness (QED) is 0.607. The summed E-state index contributed by atoms with van der Waals surface area (Å²) in [5.74, 6) is -2.41. The summed E-state index contributed by atoms with van der Waals surface area (Å²) in [6.07, 6.45) is 0. The Morgan fingerprint density at radius 1 is 1.10 bits per heavy atom. The van der Waals surface area contributed by atoms with Gasteiger partial charge >= 0.3 is 0 Å². The van der Waals surface area contributed by atoms with E-state index in [4.69, 9.17) is 4.74 Å². The van der Waals surface area contributed by atoms with E-state index in [-0.39, 0.29) is 17.0 Å². The fourth-order valence-electron chi connectivity index (χ4n) is 2.69. The largest absolute Gasteiger partial charge is 0.497 e. The van der Waals surface area contributed by atoms with Crippen LogP contribution in [0.25, 0.3) is 0 Å². The molecule has 0 bridgehead atoms. The molecule has 9 heteroatoms. The molecule has 1 atom stereocenters. The summed E-state index contributed by atoms with van der Waals surface area (Å²) in [6, 6.07) is 12.1. The van der Waals surface area contributed by atoms with Gasteiger partial charge in [-0.1, -0.05) is 6.07 Å². The number of hydrogen-bond donors (Lipinski definition) is 1. The molecule has 0 saturated carbocycles. The first-order valence-corrected chi connectivity index (χ1v) is 10.9. The predicted molar refractivity (Wildman–Crippen MR) is 106 cm³/mol. The number of halogens is 2. The number of ether oxygens (including phenoxy) is 1. The standard InChI is InChI=1S/C20H17F2NO4S2/c1-27-14-5-7-15(8-6-14)29(25,26)19(18-3-2-10-28-18)12-23-20(24)13-4-9-16(21)17(22)11-13/h2-11,19H,12H2,1H3,(H,23,24)/t19-/m1/s1. The van der Waals surface area contributed by atoms with Gasteiger partial charge in [0.1, 0.15) is 11.0 Å². The van der Waals surface area contributed by atoms with Gasteiger partial charge in [0.2, 0.25) is 0 Å². The monoisotopic (exact) mass is 437 g/mol. The van der Waals surface area contributed by atoms with Crippen molar-refractivity contribution in [1.29, 1.82) is 0 Å². The van der Waals surface area contributed by atoms with Crippen LogP contribution in [0.15, 0.2) is 64.9 Å². The fraction of sp³-hybridized carbons (Fsp3) is 0.150. The molecule has 3 rings (SSSR count). The molecule has 0 fully saturated rings. The molecule has 0 aliphatic carbocycles. The third kappa shape index (κ3) is 4.63. The van der Waals surface area contributed by atoms with E-state index in [9.17, 15) is 22.0 Å². The average molecular weight is 437 g/mol. The van der Waals surface area contributed by atoms with Gasteiger partial charge in [0, 0.05) is 17.0 Å². The fourth-order valence-corrected chi connectivity index (χ4v) is 5.48.